The molecule has 2 aliphatic carbocycles. The van der Waals surface area contributed by atoms with Crippen molar-refractivity contribution in [3.8, 4) is 0 Å². The van der Waals surface area contributed by atoms with Crippen molar-refractivity contribution in [2.24, 2.45) is 16.3 Å². The van der Waals surface area contributed by atoms with Gasteiger partial charge in [0.2, 0.25) is 0 Å². The molecule has 4 atom stereocenters. The van der Waals surface area contributed by atoms with Gasteiger partial charge in [-0.1, -0.05) is 12.8 Å². The molecular weight excluding hydrogens is 472 g/mol. The second-order valence-electron chi connectivity index (χ2n) is 8.36. The lowest BCUT2D eigenvalue weighted by Gasteiger charge is -2.57. The fraction of sp³-hybridized carbons (Fsp3) is 0.944. The van der Waals surface area contributed by atoms with E-state index in [1.165, 1.54) is 30.6 Å². The lowest BCUT2D eigenvalue weighted by atomic mass is 9.54. The monoisotopic (exact) mass is 502 g/mol. The van der Waals surface area contributed by atoms with E-state index in [0.29, 0.717) is 37.6 Å². The summed E-state index contributed by atoms with van der Waals surface area (Å²) in [6, 6.07) is 0.384. The number of nitrogens with one attached hydrogen (secondary N) is 2. The molecule has 5 nitrogen and oxygen atoms in total. The Labute approximate surface area is 175 Å². The molecule has 4 rings (SSSR count). The number of halogens is 4. The zero-order valence-electron chi connectivity index (χ0n) is 15.7. The van der Waals surface area contributed by atoms with Crippen LogP contribution in [0.4, 0.5) is 13.2 Å². The van der Waals surface area contributed by atoms with Crippen molar-refractivity contribution >= 4 is 29.9 Å². The number of hydrogen-bond acceptors (Lipinski definition) is 3. The van der Waals surface area contributed by atoms with Gasteiger partial charge in [-0.25, -0.2) is 0 Å². The van der Waals surface area contributed by atoms with Gasteiger partial charge in [0.15, 0.2) is 5.96 Å². The molecule has 156 valence electrons. The van der Waals surface area contributed by atoms with E-state index in [1.807, 2.05) is 0 Å². The van der Waals surface area contributed by atoms with Gasteiger partial charge in [0.1, 0.15) is 0 Å². The smallest absolute Gasteiger partial charge is 0.377 e. The summed E-state index contributed by atoms with van der Waals surface area (Å²) in [4.78, 5) is 5.82. The summed E-state index contributed by atoms with van der Waals surface area (Å²) >= 11 is 0. The quantitative estimate of drug-likeness (QED) is 0.354. The van der Waals surface area contributed by atoms with Crippen molar-refractivity contribution in [3.63, 3.8) is 0 Å². The Morgan fingerprint density at radius 3 is 2.63 bits per heavy atom. The van der Waals surface area contributed by atoms with E-state index in [4.69, 9.17) is 4.74 Å². The van der Waals surface area contributed by atoms with Gasteiger partial charge in [0.05, 0.1) is 12.6 Å². The molecule has 4 fully saturated rings. The molecule has 0 radical (unpaired) electrons. The maximum Gasteiger partial charge on any atom is 0.401 e. The van der Waals surface area contributed by atoms with E-state index in [2.05, 4.69) is 15.6 Å². The number of rotatable bonds is 3. The predicted molar refractivity (Wildman–Crippen MR) is 108 cm³/mol. The Morgan fingerprint density at radius 2 is 1.96 bits per heavy atom. The van der Waals surface area contributed by atoms with E-state index in [-0.39, 0.29) is 35.4 Å². The standard InChI is InChI=1S/C18H29F3N4O.HI/c1-22-16(23-12-4-8-25(10-12)11-18(19,20)21)24-14-13-5-9-26-15(13)17(14)6-2-3-7-17;/h12-15H,2-11H2,1H3,(H2,22,23,24);1H. The Hall–Kier alpha value is -0.290. The number of likely N-dealkylation sites (tertiary alicyclic amines) is 1. The van der Waals surface area contributed by atoms with Gasteiger partial charge in [-0.3, -0.25) is 9.89 Å². The highest BCUT2D eigenvalue weighted by molar-refractivity contribution is 14.0. The molecule has 0 aromatic rings. The molecular formula is C18H30F3IN4O. The van der Waals surface area contributed by atoms with Gasteiger partial charge in [-0.2, -0.15) is 13.2 Å². The van der Waals surface area contributed by atoms with Gasteiger partial charge < -0.3 is 15.4 Å². The molecule has 1 spiro atoms. The van der Waals surface area contributed by atoms with Crippen molar-refractivity contribution in [2.45, 2.75) is 62.9 Å². The minimum Gasteiger partial charge on any atom is -0.377 e. The second kappa shape index (κ2) is 8.22. The van der Waals surface area contributed by atoms with E-state index in [9.17, 15) is 13.2 Å². The summed E-state index contributed by atoms with van der Waals surface area (Å²) < 4.78 is 43.7. The van der Waals surface area contributed by atoms with Crippen molar-refractivity contribution in [1.82, 2.24) is 15.5 Å². The number of guanidine groups is 1. The summed E-state index contributed by atoms with van der Waals surface area (Å²) in [7, 11) is 1.74. The average molecular weight is 502 g/mol. The minimum absolute atomic E-state index is 0. The van der Waals surface area contributed by atoms with Gasteiger partial charge in [0, 0.05) is 50.2 Å². The molecule has 9 heteroatoms. The zero-order chi connectivity index (χ0) is 18.4. The van der Waals surface area contributed by atoms with Crippen LogP contribution >= 0.6 is 24.0 Å². The number of nitrogens with zero attached hydrogens (tertiary/aromatic N) is 2. The lowest BCUT2D eigenvalue weighted by molar-refractivity contribution is -0.143. The molecule has 0 amide bonds. The summed E-state index contributed by atoms with van der Waals surface area (Å²) in [5, 5.41) is 6.97. The van der Waals surface area contributed by atoms with Crippen molar-refractivity contribution in [3.05, 3.63) is 0 Å². The van der Waals surface area contributed by atoms with Crippen LogP contribution in [0.15, 0.2) is 4.99 Å². The number of alkyl halides is 3. The summed E-state index contributed by atoms with van der Waals surface area (Å²) in [5.74, 6) is 1.27. The average Bonchev–Trinajstić information content (AvgIpc) is 3.29. The lowest BCUT2D eigenvalue weighted by Crippen LogP contribution is -2.69. The summed E-state index contributed by atoms with van der Waals surface area (Å²) in [6.07, 6.45) is 2.96. The molecule has 2 heterocycles. The number of hydrogen-bond donors (Lipinski definition) is 2. The van der Waals surface area contributed by atoms with Crippen LogP contribution in [0, 0.1) is 11.3 Å². The van der Waals surface area contributed by atoms with E-state index in [0.717, 1.165) is 19.0 Å². The highest BCUT2D eigenvalue weighted by Crippen LogP contribution is 2.60. The Kier molecular flexibility index (Phi) is 6.52. The Morgan fingerprint density at radius 1 is 1.22 bits per heavy atom. The summed E-state index contributed by atoms with van der Waals surface area (Å²) in [5.41, 5.74) is 0.233. The molecule has 4 unspecified atom stereocenters. The molecule has 0 bridgehead atoms. The zero-order valence-corrected chi connectivity index (χ0v) is 18.1. The van der Waals surface area contributed by atoms with Gasteiger partial charge in [-0.05, 0) is 25.7 Å². The molecule has 27 heavy (non-hydrogen) atoms. The number of ether oxygens (including phenoxy) is 1. The third-order valence-electron chi connectivity index (χ3n) is 6.82. The first kappa shape index (κ1) is 21.4. The van der Waals surface area contributed by atoms with Crippen molar-refractivity contribution in [1.29, 1.82) is 0 Å². The highest BCUT2D eigenvalue weighted by Gasteiger charge is 2.65. The van der Waals surface area contributed by atoms with Gasteiger partial charge in [-0.15, -0.1) is 24.0 Å². The van der Waals surface area contributed by atoms with E-state index in [1.54, 1.807) is 7.05 Å². The van der Waals surface area contributed by atoms with Crippen LogP contribution < -0.4 is 10.6 Å². The minimum atomic E-state index is -4.13. The highest BCUT2D eigenvalue weighted by atomic mass is 127. The van der Waals surface area contributed by atoms with Gasteiger partial charge >= 0.3 is 6.18 Å². The fourth-order valence-electron chi connectivity index (χ4n) is 5.76. The van der Waals surface area contributed by atoms with Crippen LogP contribution in [0.5, 0.6) is 0 Å². The third-order valence-corrected chi connectivity index (χ3v) is 6.82. The fourth-order valence-corrected chi connectivity index (χ4v) is 5.76. The first-order valence-electron chi connectivity index (χ1n) is 9.82. The van der Waals surface area contributed by atoms with Crippen LogP contribution in [0.3, 0.4) is 0 Å². The SMILES string of the molecule is CN=C(NC1CCN(CC(F)(F)F)C1)NC1C2CCOC2C12CCCC2.I. The molecule has 2 saturated carbocycles. The topological polar surface area (TPSA) is 48.9 Å². The Balaban J connectivity index is 0.00000210. The Bertz CT molecular complexity index is 553. The maximum absolute atomic E-state index is 12.6. The molecule has 4 aliphatic rings. The molecule has 0 aromatic heterocycles. The van der Waals surface area contributed by atoms with E-state index < -0.39 is 12.7 Å². The molecule has 2 aliphatic heterocycles. The normalized spacial score (nSPS) is 35.6. The van der Waals surface area contributed by atoms with Crippen LogP contribution in [-0.4, -0.2) is 68.5 Å². The number of fused-ring (bicyclic) bond motifs is 2. The number of aliphatic imine (C=N–C) groups is 1. The van der Waals surface area contributed by atoms with E-state index >= 15 is 0 Å². The first-order chi connectivity index (χ1) is 12.4. The van der Waals surface area contributed by atoms with Crippen LogP contribution in [-0.2, 0) is 4.74 Å². The van der Waals surface area contributed by atoms with Crippen molar-refractivity contribution in [2.75, 3.05) is 33.3 Å². The first-order valence-corrected chi connectivity index (χ1v) is 9.82. The van der Waals surface area contributed by atoms with Crippen molar-refractivity contribution < 1.29 is 17.9 Å². The van der Waals surface area contributed by atoms with Gasteiger partial charge in [0.25, 0.3) is 0 Å². The van der Waals surface area contributed by atoms with Crippen LogP contribution in [0.1, 0.15) is 38.5 Å². The van der Waals surface area contributed by atoms with Crippen LogP contribution in [0.2, 0.25) is 0 Å². The maximum atomic E-state index is 12.6. The predicted octanol–water partition coefficient (Wildman–Crippen LogP) is 2.75. The third kappa shape index (κ3) is 4.19. The molecule has 0 aromatic carbocycles. The van der Waals surface area contributed by atoms with Crippen LogP contribution in [0.25, 0.3) is 0 Å². The molecule has 2 N–H and O–H groups in total. The molecule has 2 saturated heterocycles. The second-order valence-corrected chi connectivity index (χ2v) is 8.36. The summed E-state index contributed by atoms with van der Waals surface area (Å²) in [6.45, 7) is 0.894. The largest absolute Gasteiger partial charge is 0.401 e.